The van der Waals surface area contributed by atoms with Gasteiger partial charge in [-0.1, -0.05) is 42.8 Å². The number of sulfonamides is 1. The SMILES string of the molecule is COc1ccc(C(C)(C)C)cc1NS(=O)(=O)CBr. The van der Waals surface area contributed by atoms with Gasteiger partial charge in [-0.2, -0.15) is 0 Å². The van der Waals surface area contributed by atoms with Crippen molar-refractivity contribution < 1.29 is 13.2 Å². The van der Waals surface area contributed by atoms with Crippen LogP contribution in [-0.4, -0.2) is 20.2 Å². The average molecular weight is 336 g/mol. The lowest BCUT2D eigenvalue weighted by Crippen LogP contribution is -2.16. The predicted molar refractivity (Wildman–Crippen MR) is 78.0 cm³/mol. The van der Waals surface area contributed by atoms with E-state index in [0.29, 0.717) is 11.4 Å². The Morgan fingerprint density at radius 2 is 1.94 bits per heavy atom. The predicted octanol–water partition coefficient (Wildman–Crippen LogP) is 3.09. The number of hydrogen-bond acceptors (Lipinski definition) is 3. The maximum Gasteiger partial charge on any atom is 0.242 e. The average Bonchev–Trinajstić information content (AvgIpc) is 2.27. The Bertz CT molecular complexity index is 521. The number of alkyl halides is 1. The number of methoxy groups -OCH3 is 1. The second-order valence-corrected chi connectivity index (χ2v) is 8.02. The molecule has 0 aromatic heterocycles. The zero-order chi connectivity index (χ0) is 14.0. The van der Waals surface area contributed by atoms with Crippen molar-refractivity contribution in [2.45, 2.75) is 26.2 Å². The Hall–Kier alpha value is -0.750. The number of ether oxygens (including phenoxy) is 1. The summed E-state index contributed by atoms with van der Waals surface area (Å²) in [4.78, 5) is 0. The molecule has 1 aromatic carbocycles. The van der Waals surface area contributed by atoms with Crippen molar-refractivity contribution in [3.63, 3.8) is 0 Å². The molecule has 0 fully saturated rings. The van der Waals surface area contributed by atoms with Crippen molar-refractivity contribution in [1.82, 2.24) is 0 Å². The van der Waals surface area contributed by atoms with E-state index in [9.17, 15) is 8.42 Å². The van der Waals surface area contributed by atoms with E-state index in [1.54, 1.807) is 12.1 Å². The second kappa shape index (κ2) is 5.48. The van der Waals surface area contributed by atoms with E-state index >= 15 is 0 Å². The smallest absolute Gasteiger partial charge is 0.242 e. The normalized spacial score (nSPS) is 12.3. The molecule has 0 aliphatic heterocycles. The van der Waals surface area contributed by atoms with E-state index in [4.69, 9.17) is 4.74 Å². The molecule has 1 aromatic rings. The Morgan fingerprint density at radius 3 is 2.39 bits per heavy atom. The van der Waals surface area contributed by atoms with E-state index < -0.39 is 10.0 Å². The van der Waals surface area contributed by atoms with Crippen molar-refractivity contribution in [2.24, 2.45) is 0 Å². The monoisotopic (exact) mass is 335 g/mol. The van der Waals surface area contributed by atoms with E-state index in [0.717, 1.165) is 5.56 Å². The molecule has 6 heteroatoms. The zero-order valence-corrected chi connectivity index (χ0v) is 13.4. The fourth-order valence-electron chi connectivity index (χ4n) is 1.45. The summed E-state index contributed by atoms with van der Waals surface area (Å²) in [6.07, 6.45) is 0. The minimum absolute atomic E-state index is 0.0547. The highest BCUT2D eigenvalue weighted by molar-refractivity contribution is 9.10. The second-order valence-electron chi connectivity index (χ2n) is 4.99. The van der Waals surface area contributed by atoms with E-state index in [1.807, 2.05) is 6.07 Å². The van der Waals surface area contributed by atoms with Gasteiger partial charge in [0.2, 0.25) is 10.0 Å². The van der Waals surface area contributed by atoms with Gasteiger partial charge in [-0.05, 0) is 23.1 Å². The number of nitrogens with one attached hydrogen (secondary N) is 1. The third-order valence-electron chi connectivity index (χ3n) is 2.47. The Kier molecular flexibility index (Phi) is 4.66. The number of hydrogen-bond donors (Lipinski definition) is 1. The molecule has 1 rings (SSSR count). The zero-order valence-electron chi connectivity index (χ0n) is 11.0. The quantitative estimate of drug-likeness (QED) is 0.860. The molecule has 102 valence electrons. The van der Waals surface area contributed by atoms with Crippen LogP contribution in [-0.2, 0) is 15.4 Å². The Balaban J connectivity index is 3.23. The van der Waals surface area contributed by atoms with Crippen molar-refractivity contribution >= 4 is 31.6 Å². The van der Waals surface area contributed by atoms with E-state index in [1.165, 1.54) is 7.11 Å². The minimum atomic E-state index is -3.38. The molecular weight excluding hydrogens is 318 g/mol. The number of rotatable bonds is 4. The van der Waals surface area contributed by atoms with Gasteiger partial charge in [0.05, 0.1) is 12.8 Å². The third kappa shape index (κ3) is 3.88. The van der Waals surface area contributed by atoms with Crippen LogP contribution in [0.2, 0.25) is 0 Å². The highest BCUT2D eigenvalue weighted by Gasteiger charge is 2.18. The number of benzene rings is 1. The van der Waals surface area contributed by atoms with Gasteiger partial charge >= 0.3 is 0 Å². The molecule has 4 nitrogen and oxygen atoms in total. The van der Waals surface area contributed by atoms with Gasteiger partial charge in [-0.15, -0.1) is 0 Å². The van der Waals surface area contributed by atoms with Crippen LogP contribution >= 0.6 is 15.9 Å². The first-order valence-corrected chi connectivity index (χ1v) is 8.22. The van der Waals surface area contributed by atoms with Crippen LogP contribution < -0.4 is 9.46 Å². The summed E-state index contributed by atoms with van der Waals surface area (Å²) in [6, 6.07) is 5.51. The maximum atomic E-state index is 11.6. The summed E-state index contributed by atoms with van der Waals surface area (Å²) in [5.74, 6) is 0.507. The first kappa shape index (κ1) is 15.3. The highest BCUT2D eigenvalue weighted by Crippen LogP contribution is 2.32. The molecule has 0 aliphatic carbocycles. The molecule has 0 amide bonds. The molecule has 0 heterocycles. The van der Waals surface area contributed by atoms with Crippen molar-refractivity contribution in [3.8, 4) is 5.75 Å². The molecule has 0 saturated heterocycles. The summed E-state index contributed by atoms with van der Waals surface area (Å²) in [6.45, 7) is 6.20. The topological polar surface area (TPSA) is 55.4 Å². The van der Waals surface area contributed by atoms with Gasteiger partial charge in [0.1, 0.15) is 10.4 Å². The van der Waals surface area contributed by atoms with Crippen molar-refractivity contribution in [3.05, 3.63) is 23.8 Å². The van der Waals surface area contributed by atoms with E-state index in [2.05, 4.69) is 41.4 Å². The van der Waals surface area contributed by atoms with Gasteiger partial charge in [-0.25, -0.2) is 8.42 Å². The summed E-state index contributed by atoms with van der Waals surface area (Å²) < 4.78 is 30.7. The molecule has 0 bridgehead atoms. The molecule has 0 aliphatic rings. The Morgan fingerprint density at radius 1 is 1.33 bits per heavy atom. The first-order chi connectivity index (χ1) is 8.19. The maximum absolute atomic E-state index is 11.6. The van der Waals surface area contributed by atoms with Gasteiger partial charge in [0.25, 0.3) is 0 Å². The van der Waals surface area contributed by atoms with Gasteiger partial charge in [-0.3, -0.25) is 4.72 Å². The largest absolute Gasteiger partial charge is 0.495 e. The minimum Gasteiger partial charge on any atom is -0.495 e. The van der Waals surface area contributed by atoms with Crippen LogP contribution in [0.4, 0.5) is 5.69 Å². The summed E-state index contributed by atoms with van der Waals surface area (Å²) in [7, 11) is -1.87. The first-order valence-electron chi connectivity index (χ1n) is 5.44. The lowest BCUT2D eigenvalue weighted by Gasteiger charge is -2.21. The molecule has 0 saturated carbocycles. The molecule has 0 radical (unpaired) electrons. The molecule has 0 unspecified atom stereocenters. The number of anilines is 1. The van der Waals surface area contributed by atoms with Crippen LogP contribution in [0.15, 0.2) is 18.2 Å². The standard InChI is InChI=1S/C12H18BrNO3S/c1-12(2,3)9-5-6-11(17-4)10(7-9)14-18(15,16)8-13/h5-7,14H,8H2,1-4H3. The lowest BCUT2D eigenvalue weighted by atomic mass is 9.87. The van der Waals surface area contributed by atoms with Crippen molar-refractivity contribution in [1.29, 1.82) is 0 Å². The third-order valence-corrected chi connectivity index (χ3v) is 5.10. The van der Waals surface area contributed by atoms with Crippen LogP contribution in [0, 0.1) is 0 Å². The Labute approximate surface area is 117 Å². The molecule has 0 spiro atoms. The van der Waals surface area contributed by atoms with Crippen LogP contribution in [0.25, 0.3) is 0 Å². The lowest BCUT2D eigenvalue weighted by molar-refractivity contribution is 0.416. The van der Waals surface area contributed by atoms with Crippen LogP contribution in [0.1, 0.15) is 26.3 Å². The molecular formula is C12H18BrNO3S. The molecule has 1 N–H and O–H groups in total. The van der Waals surface area contributed by atoms with E-state index in [-0.39, 0.29) is 10.1 Å². The van der Waals surface area contributed by atoms with Crippen molar-refractivity contribution in [2.75, 3.05) is 16.5 Å². The highest BCUT2D eigenvalue weighted by atomic mass is 79.9. The molecule has 0 atom stereocenters. The van der Waals surface area contributed by atoms with Crippen LogP contribution in [0.3, 0.4) is 0 Å². The fourth-order valence-corrected chi connectivity index (χ4v) is 2.34. The van der Waals surface area contributed by atoms with Gasteiger partial charge < -0.3 is 4.74 Å². The van der Waals surface area contributed by atoms with Gasteiger partial charge in [0, 0.05) is 0 Å². The summed E-state index contributed by atoms with van der Waals surface area (Å²) in [5, 5.41) is 0. The fraction of sp³-hybridized carbons (Fsp3) is 0.500. The summed E-state index contributed by atoms with van der Waals surface area (Å²) in [5.41, 5.74) is 1.45. The molecule has 18 heavy (non-hydrogen) atoms. The van der Waals surface area contributed by atoms with Gasteiger partial charge in [0.15, 0.2) is 0 Å². The van der Waals surface area contributed by atoms with Crippen LogP contribution in [0.5, 0.6) is 5.75 Å². The number of halogens is 1. The summed E-state index contributed by atoms with van der Waals surface area (Å²) >= 11 is 2.94.